The van der Waals surface area contributed by atoms with Crippen LogP contribution < -0.4 is 5.32 Å². The molecule has 7 heterocycles. The molecule has 0 fully saturated rings. The first-order valence-corrected chi connectivity index (χ1v) is 27.9. The minimum absolute atomic E-state index is 0. The molecule has 6 aromatic rings. The molecular weight excluding hydrogens is 1710 g/mol. The van der Waals surface area contributed by atoms with Crippen molar-refractivity contribution >= 4 is 244 Å². The predicted octanol–water partition coefficient (Wildman–Crippen LogP) is 14.9. The molecule has 7 N–H and O–H groups in total. The van der Waals surface area contributed by atoms with Crippen molar-refractivity contribution in [3.05, 3.63) is 149 Å². The van der Waals surface area contributed by atoms with Crippen molar-refractivity contribution in [1.82, 2.24) is 34.0 Å². The van der Waals surface area contributed by atoms with Gasteiger partial charge in [-0.15, -0.1) is 0 Å². The summed E-state index contributed by atoms with van der Waals surface area (Å²) in [6, 6.07) is 18.2. The fourth-order valence-corrected chi connectivity index (χ4v) is 7.67. The van der Waals surface area contributed by atoms with Gasteiger partial charge >= 0.3 is 17.9 Å². The summed E-state index contributed by atoms with van der Waals surface area (Å²) >= 11 is 77.4. The maximum Gasteiger partial charge on any atom is 0.352 e. The van der Waals surface area contributed by atoms with Gasteiger partial charge in [0.25, 0.3) is 7.59 Å². The third-order valence-electron chi connectivity index (χ3n) is 8.89. The van der Waals surface area contributed by atoms with E-state index in [0.29, 0.717) is 31.9 Å². The predicted molar refractivity (Wildman–Crippen MR) is 317 cm³/mol. The van der Waals surface area contributed by atoms with Crippen LogP contribution in [0.1, 0.15) is 80.7 Å². The zero-order valence-electron chi connectivity index (χ0n) is 40.5. The smallest absolute Gasteiger partial charge is 0.352 e. The second kappa shape index (κ2) is 36.8. The van der Waals surface area contributed by atoms with Crippen LogP contribution in [0.5, 0.6) is 0 Å². The SMILES string of the molecule is Cc1[c-]cc(C(=O)C(Cl)(Cl)Cl)[nH]1.Cc1[c-]cc(C(=O)C(Cl)(Cl)Cl)n1C.Cn1c(C(=O)O)cc(Br)c1Br.Cn1cccc1C(=O)C(Cl)(Cl)Cl.O=C(O)C1=CCCN1.O=C(O)c1cc(Br)c(Br)[nH]1.O=C(c1ccc[nH]1)C(Cl)(Cl)Cl.[Y].[Y]. The topological polar surface area (TPSA) is 254 Å². The Balaban J connectivity index is 0. The number of carbonyl (C=O) groups excluding carboxylic acids is 4. The van der Waals surface area contributed by atoms with Gasteiger partial charge in [-0.3, -0.25) is 9.59 Å². The number of aryl methyl sites for hydroxylation is 3. The van der Waals surface area contributed by atoms with Crippen molar-refractivity contribution in [2.24, 2.45) is 21.1 Å². The number of alkyl halides is 12. The number of aromatic carboxylic acids is 2. The maximum atomic E-state index is 11.5. The summed E-state index contributed by atoms with van der Waals surface area (Å²) < 4.78 is 0.0807. The van der Waals surface area contributed by atoms with Crippen molar-refractivity contribution in [3.8, 4) is 0 Å². The van der Waals surface area contributed by atoms with Gasteiger partial charge in [0.2, 0.25) is 19.2 Å². The largest absolute Gasteiger partial charge is 0.477 e. The number of nitrogens with one attached hydrogen (secondary N) is 4. The van der Waals surface area contributed by atoms with Gasteiger partial charge in [-0.05, 0) is 127 Å². The number of rotatable bonds is 7. The average Bonchev–Trinajstić information content (AvgIpc) is 4.20. The van der Waals surface area contributed by atoms with Gasteiger partial charge in [0.1, 0.15) is 28.7 Å². The Hall–Kier alpha value is -0.0822. The molecule has 7 rings (SSSR count). The summed E-state index contributed by atoms with van der Waals surface area (Å²) in [6.07, 6.45) is 5.82. The number of carboxylic acids is 3. The molecule has 0 atom stereocenters. The number of carbonyl (C=O) groups is 7. The number of halogens is 16. The van der Waals surface area contributed by atoms with E-state index in [0.717, 1.165) is 33.4 Å². The summed E-state index contributed by atoms with van der Waals surface area (Å²) in [7, 11) is 5.11. The molecule has 17 nitrogen and oxygen atoms in total. The Morgan fingerprint density at radius 3 is 1.38 bits per heavy atom. The molecule has 428 valence electrons. The van der Waals surface area contributed by atoms with Crippen LogP contribution in [-0.4, -0.2) is 107 Å². The molecule has 79 heavy (non-hydrogen) atoms. The molecule has 6 aromatic heterocycles. The van der Waals surface area contributed by atoms with E-state index in [1.54, 1.807) is 90.6 Å². The molecule has 0 spiro atoms. The second-order valence-corrected chi connectivity index (χ2v) is 26.9. The minimum Gasteiger partial charge on any atom is -0.477 e. The van der Waals surface area contributed by atoms with Crippen molar-refractivity contribution in [1.29, 1.82) is 0 Å². The van der Waals surface area contributed by atoms with E-state index >= 15 is 0 Å². The van der Waals surface area contributed by atoms with Crippen LogP contribution in [0.3, 0.4) is 0 Å². The first-order chi connectivity index (χ1) is 35.1. The van der Waals surface area contributed by atoms with Crippen molar-refractivity contribution in [3.63, 3.8) is 0 Å². The Labute approximate surface area is 595 Å². The molecule has 0 amide bonds. The fourth-order valence-electron chi connectivity index (χ4n) is 5.03. The second-order valence-electron chi connectivity index (χ2n) is 14.5. The number of aromatic nitrogens is 6. The number of carboxylic acid groups (broad SMARTS) is 3. The number of ketones is 4. The number of Topliss-reactive ketones (excluding diaryl/α,β-unsaturated/α-hetero) is 4. The van der Waals surface area contributed by atoms with Crippen LogP contribution in [0, 0.1) is 26.0 Å². The quantitative estimate of drug-likeness (QED) is 0.0449. The molecule has 35 heteroatoms. The molecular formula is C44H37Br4Cl12N7O10Y2-2. The van der Waals surface area contributed by atoms with Gasteiger partial charge in [0.15, 0.2) is 0 Å². The van der Waals surface area contributed by atoms with Gasteiger partial charge in [-0.1, -0.05) is 168 Å². The van der Waals surface area contributed by atoms with Crippen LogP contribution in [-0.2, 0) is 91.4 Å². The Morgan fingerprint density at radius 1 is 0.582 bits per heavy atom. The van der Waals surface area contributed by atoms with Crippen molar-refractivity contribution < 1.29 is 114 Å². The van der Waals surface area contributed by atoms with Crippen LogP contribution in [0.2, 0.25) is 0 Å². The third kappa shape index (κ3) is 28.3. The zero-order valence-corrected chi connectivity index (χ0v) is 61.6. The monoisotopic (exact) mass is 1740 g/mol. The molecule has 0 bridgehead atoms. The number of aliphatic carboxylic acids is 1. The fraction of sp³-hybridized carbons (Fsp3) is 0.250. The first kappa shape index (κ1) is 81.0. The van der Waals surface area contributed by atoms with E-state index in [-0.39, 0.29) is 82.5 Å². The third-order valence-corrected chi connectivity index (χ3v) is 14.8. The number of aromatic amines is 3. The number of nitrogens with zero attached hydrogens (tertiary/aromatic N) is 3. The van der Waals surface area contributed by atoms with Crippen molar-refractivity contribution in [2.75, 3.05) is 6.54 Å². The van der Waals surface area contributed by atoms with Gasteiger partial charge < -0.3 is 58.9 Å². The normalized spacial score (nSPS) is 11.5. The Bertz CT molecular complexity index is 3030. The van der Waals surface area contributed by atoms with Crippen LogP contribution in [0.25, 0.3) is 0 Å². The minimum atomic E-state index is -1.90. The summed E-state index contributed by atoms with van der Waals surface area (Å²) in [4.78, 5) is 84.0. The number of H-pyrrole nitrogens is 3. The van der Waals surface area contributed by atoms with E-state index < -0.39 is 56.2 Å². The van der Waals surface area contributed by atoms with Gasteiger partial charge in [-0.25, -0.2) is 38.6 Å². The van der Waals surface area contributed by atoms with E-state index in [4.69, 9.17) is 155 Å². The van der Waals surface area contributed by atoms with Gasteiger partial charge in [-0.2, -0.15) is 0 Å². The Kier molecular flexibility index (Phi) is 37.7. The van der Waals surface area contributed by atoms with Crippen LogP contribution in [0.15, 0.2) is 90.8 Å². The van der Waals surface area contributed by atoms with Crippen LogP contribution in [0.4, 0.5) is 0 Å². The van der Waals surface area contributed by atoms with E-state index in [1.165, 1.54) is 18.2 Å². The van der Waals surface area contributed by atoms with Gasteiger partial charge in [0, 0.05) is 98.5 Å². The van der Waals surface area contributed by atoms with Crippen molar-refractivity contribution in [2.45, 2.75) is 35.4 Å². The molecule has 1 aliphatic heterocycles. The summed E-state index contributed by atoms with van der Waals surface area (Å²) in [5, 5.41) is 28.1. The molecule has 0 saturated carbocycles. The average molecular weight is 1750 g/mol. The van der Waals surface area contributed by atoms with Crippen LogP contribution >= 0.6 is 203 Å². The zero-order chi connectivity index (χ0) is 59.7. The Morgan fingerprint density at radius 2 is 1.10 bits per heavy atom. The first-order valence-electron chi connectivity index (χ1n) is 20.2. The molecule has 0 aromatic carbocycles. The summed E-state index contributed by atoms with van der Waals surface area (Å²) in [5.41, 5.74) is 3.59. The molecule has 2 radical (unpaired) electrons. The van der Waals surface area contributed by atoms with E-state index in [1.807, 2.05) is 6.92 Å². The molecule has 0 unspecified atom stereocenters. The number of hydrogen-bond acceptors (Lipinski definition) is 8. The standard InChI is InChI=1S/C8H7Cl3NO.C7H6Cl3NO.C7H5Cl3NO.C6H5Br2NO2.C6H4Cl3NO.C5H3Br2NO2.C5H7NO2.2Y/c1-5-3-4-6(12(5)2)7(13)8(9,10)11;1-11-4-2-3-5(11)6(12)7(8,9)10;1-4-2-3-5(11-4)6(12)7(8,9)10;1-9-4(6(10)11)2-3(7)5(9)8;7-6(8,9)5(11)4-2-1-3-10-4;6-2-1-3(5(9)10)8-4(2)7;7-5(8)4-2-1-3-6-4;;/h4H,1-2H3;2-4H,1H3;3,11H,1H3;2H,1H3,(H,10,11);1-3,10H;1,8H,(H,9,10);2,6H,1,3H2,(H,7,8);;/q-1;;-1;;;;;;. The number of hydrogen-bond donors (Lipinski definition) is 7. The van der Waals surface area contributed by atoms with E-state index in [9.17, 15) is 33.6 Å². The maximum absolute atomic E-state index is 11.5. The summed E-state index contributed by atoms with van der Waals surface area (Å²) in [5.74, 6) is -4.93. The van der Waals surface area contributed by atoms with Gasteiger partial charge in [0.05, 0.1) is 29.5 Å². The summed E-state index contributed by atoms with van der Waals surface area (Å²) in [6.45, 7) is 4.34. The molecule has 0 aliphatic carbocycles. The van der Waals surface area contributed by atoms with E-state index in [2.05, 4.69) is 96.1 Å². The molecule has 1 aliphatic rings. The molecule has 0 saturated heterocycles.